The Labute approximate surface area is 139 Å². The average Bonchev–Trinajstić information content (AvgIpc) is 3.17. The van der Waals surface area contributed by atoms with Gasteiger partial charge < -0.3 is 9.97 Å². The molecule has 0 saturated carbocycles. The summed E-state index contributed by atoms with van der Waals surface area (Å²) in [6.07, 6.45) is 4.78. The molecule has 1 atom stereocenters. The van der Waals surface area contributed by atoms with Crippen molar-refractivity contribution in [1.82, 2.24) is 14.9 Å². The molecule has 3 aromatic rings. The van der Waals surface area contributed by atoms with Crippen LogP contribution in [0, 0.1) is 0 Å². The van der Waals surface area contributed by atoms with Crippen LogP contribution in [0.3, 0.4) is 0 Å². The van der Waals surface area contributed by atoms with Crippen LogP contribution >= 0.6 is 11.6 Å². The van der Waals surface area contributed by atoms with Gasteiger partial charge in [0.25, 0.3) is 5.56 Å². The maximum absolute atomic E-state index is 11.9. The number of aromatic amines is 2. The van der Waals surface area contributed by atoms with Crippen LogP contribution in [0.25, 0.3) is 10.9 Å². The molecule has 4 rings (SSSR count). The minimum Gasteiger partial charge on any atom is -0.361 e. The minimum absolute atomic E-state index is 0.0510. The van der Waals surface area contributed by atoms with E-state index in [1.54, 1.807) is 6.07 Å². The third-order valence-electron chi connectivity index (χ3n) is 4.67. The van der Waals surface area contributed by atoms with Gasteiger partial charge in [-0.25, -0.2) is 0 Å². The number of hydrogen-bond donors (Lipinski definition) is 2. The molecule has 4 nitrogen and oxygen atoms in total. The Morgan fingerprint density at radius 1 is 1.22 bits per heavy atom. The summed E-state index contributed by atoms with van der Waals surface area (Å²) >= 11 is 5.98. The lowest BCUT2D eigenvalue weighted by Crippen LogP contribution is -2.24. The maximum atomic E-state index is 11.9. The van der Waals surface area contributed by atoms with Crippen LogP contribution in [0.5, 0.6) is 0 Å². The van der Waals surface area contributed by atoms with Crippen molar-refractivity contribution >= 4 is 22.5 Å². The standard InChI is InChI=1S/C18H18ClN3O/c19-14-7-13(18(23)21-8-14)11-22-6-5-12(10-22)16-9-20-17-4-2-1-3-15(16)17/h1-4,7-9,12,20H,5-6,10-11H2,(H,21,23)/t12-/m0/s1. The summed E-state index contributed by atoms with van der Waals surface area (Å²) in [5.74, 6) is 0.504. The Morgan fingerprint density at radius 3 is 3.00 bits per heavy atom. The maximum Gasteiger partial charge on any atom is 0.252 e. The molecule has 118 valence electrons. The average molecular weight is 328 g/mol. The van der Waals surface area contributed by atoms with Crippen molar-refractivity contribution in [1.29, 1.82) is 0 Å². The first kappa shape index (κ1) is 14.5. The van der Waals surface area contributed by atoms with Crippen molar-refractivity contribution < 1.29 is 0 Å². The van der Waals surface area contributed by atoms with Gasteiger partial charge in [0.15, 0.2) is 0 Å². The van der Waals surface area contributed by atoms with E-state index in [2.05, 4.69) is 45.3 Å². The third-order valence-corrected chi connectivity index (χ3v) is 4.89. The van der Waals surface area contributed by atoms with E-state index >= 15 is 0 Å². The van der Waals surface area contributed by atoms with Gasteiger partial charge in [0, 0.05) is 41.9 Å². The number of rotatable bonds is 3. The number of halogens is 1. The largest absolute Gasteiger partial charge is 0.361 e. The Balaban J connectivity index is 1.53. The van der Waals surface area contributed by atoms with Crippen molar-refractivity contribution in [2.24, 2.45) is 0 Å². The van der Waals surface area contributed by atoms with Crippen LogP contribution in [0.1, 0.15) is 23.5 Å². The fraction of sp³-hybridized carbons (Fsp3) is 0.278. The molecule has 2 aromatic heterocycles. The van der Waals surface area contributed by atoms with E-state index in [-0.39, 0.29) is 5.56 Å². The summed E-state index contributed by atoms with van der Waals surface area (Å²) in [5, 5.41) is 1.88. The number of para-hydroxylation sites is 1. The van der Waals surface area contributed by atoms with E-state index in [1.807, 2.05) is 0 Å². The number of fused-ring (bicyclic) bond motifs is 1. The van der Waals surface area contributed by atoms with Gasteiger partial charge in [-0.05, 0) is 36.6 Å². The molecule has 23 heavy (non-hydrogen) atoms. The van der Waals surface area contributed by atoms with Crippen molar-refractivity contribution in [2.45, 2.75) is 18.9 Å². The number of aromatic nitrogens is 2. The van der Waals surface area contributed by atoms with E-state index in [0.717, 1.165) is 25.1 Å². The Morgan fingerprint density at radius 2 is 2.09 bits per heavy atom. The number of likely N-dealkylation sites (tertiary alicyclic amines) is 1. The molecule has 1 saturated heterocycles. The van der Waals surface area contributed by atoms with E-state index in [9.17, 15) is 4.79 Å². The summed E-state index contributed by atoms with van der Waals surface area (Å²) in [7, 11) is 0. The SMILES string of the molecule is O=c1[nH]cc(Cl)cc1CN1CC[C@H](c2c[nH]c3ccccc23)C1. The normalized spacial score (nSPS) is 18.7. The highest BCUT2D eigenvalue weighted by Crippen LogP contribution is 2.32. The van der Waals surface area contributed by atoms with Gasteiger partial charge in [-0.2, -0.15) is 0 Å². The van der Waals surface area contributed by atoms with E-state index < -0.39 is 0 Å². The van der Waals surface area contributed by atoms with Crippen LogP contribution in [0.4, 0.5) is 0 Å². The van der Waals surface area contributed by atoms with Gasteiger partial charge in [-0.1, -0.05) is 29.8 Å². The molecule has 0 bridgehead atoms. The predicted molar refractivity (Wildman–Crippen MR) is 93.0 cm³/mol. The third kappa shape index (κ3) is 2.80. The lowest BCUT2D eigenvalue weighted by Gasteiger charge is -2.15. The van der Waals surface area contributed by atoms with Crippen LogP contribution in [0.15, 0.2) is 47.5 Å². The predicted octanol–water partition coefficient (Wildman–Crippen LogP) is 3.50. The second kappa shape index (κ2) is 5.87. The second-order valence-electron chi connectivity index (χ2n) is 6.18. The summed E-state index contributed by atoms with van der Waals surface area (Å²) in [6, 6.07) is 10.2. The molecule has 0 radical (unpaired) electrons. The molecule has 0 aliphatic carbocycles. The minimum atomic E-state index is -0.0510. The van der Waals surface area contributed by atoms with E-state index in [1.165, 1.54) is 22.7 Å². The molecular weight excluding hydrogens is 310 g/mol. The first-order valence-electron chi connectivity index (χ1n) is 7.86. The first-order valence-corrected chi connectivity index (χ1v) is 8.24. The highest BCUT2D eigenvalue weighted by atomic mass is 35.5. The highest BCUT2D eigenvalue weighted by molar-refractivity contribution is 6.30. The zero-order valence-electron chi connectivity index (χ0n) is 12.7. The monoisotopic (exact) mass is 327 g/mol. The molecule has 5 heteroatoms. The summed E-state index contributed by atoms with van der Waals surface area (Å²) < 4.78 is 0. The van der Waals surface area contributed by atoms with Gasteiger partial charge >= 0.3 is 0 Å². The van der Waals surface area contributed by atoms with Crippen LogP contribution in [-0.4, -0.2) is 28.0 Å². The van der Waals surface area contributed by atoms with Gasteiger partial charge in [0.05, 0.1) is 5.02 Å². The second-order valence-corrected chi connectivity index (χ2v) is 6.62. The lowest BCUT2D eigenvalue weighted by atomic mass is 9.98. The first-order chi connectivity index (χ1) is 11.2. The van der Waals surface area contributed by atoms with Gasteiger partial charge in [-0.15, -0.1) is 0 Å². The molecule has 1 aliphatic heterocycles. The smallest absolute Gasteiger partial charge is 0.252 e. The quantitative estimate of drug-likeness (QED) is 0.773. The van der Waals surface area contributed by atoms with Crippen molar-refractivity contribution in [3.8, 4) is 0 Å². The van der Waals surface area contributed by atoms with Crippen LogP contribution < -0.4 is 5.56 Å². The van der Waals surface area contributed by atoms with E-state index in [4.69, 9.17) is 11.6 Å². The number of H-pyrrole nitrogens is 2. The molecule has 1 aliphatic rings. The molecular formula is C18H18ClN3O. The summed E-state index contributed by atoms with van der Waals surface area (Å²) in [6.45, 7) is 2.61. The number of benzene rings is 1. The summed E-state index contributed by atoms with van der Waals surface area (Å²) in [5.41, 5.74) is 3.25. The topological polar surface area (TPSA) is 51.9 Å². The lowest BCUT2D eigenvalue weighted by molar-refractivity contribution is 0.325. The molecule has 1 aromatic carbocycles. The Bertz CT molecular complexity index is 898. The molecule has 0 spiro atoms. The zero-order valence-corrected chi connectivity index (χ0v) is 13.4. The number of hydrogen-bond acceptors (Lipinski definition) is 2. The molecule has 3 heterocycles. The Kier molecular flexibility index (Phi) is 3.71. The van der Waals surface area contributed by atoms with Gasteiger partial charge in [0.2, 0.25) is 0 Å². The fourth-order valence-corrected chi connectivity index (χ4v) is 3.71. The van der Waals surface area contributed by atoms with Gasteiger partial charge in [-0.3, -0.25) is 9.69 Å². The highest BCUT2D eigenvalue weighted by Gasteiger charge is 2.26. The number of nitrogens with one attached hydrogen (secondary N) is 2. The zero-order chi connectivity index (χ0) is 15.8. The molecule has 2 N–H and O–H groups in total. The van der Waals surface area contributed by atoms with Crippen molar-refractivity contribution in [3.63, 3.8) is 0 Å². The van der Waals surface area contributed by atoms with Crippen molar-refractivity contribution in [2.75, 3.05) is 13.1 Å². The van der Waals surface area contributed by atoms with Gasteiger partial charge in [0.1, 0.15) is 0 Å². The van der Waals surface area contributed by atoms with E-state index in [0.29, 0.717) is 17.5 Å². The molecule has 1 fully saturated rings. The van der Waals surface area contributed by atoms with Crippen LogP contribution in [0.2, 0.25) is 5.02 Å². The summed E-state index contributed by atoms with van der Waals surface area (Å²) in [4.78, 5) is 20.3. The Hall–Kier alpha value is -2.04. The number of nitrogens with zero attached hydrogens (tertiary/aromatic N) is 1. The van der Waals surface area contributed by atoms with Crippen molar-refractivity contribution in [3.05, 3.63) is 69.2 Å². The molecule has 0 amide bonds. The molecule has 0 unspecified atom stereocenters. The fourth-order valence-electron chi connectivity index (χ4n) is 3.52. The van der Waals surface area contributed by atoms with Crippen LogP contribution in [-0.2, 0) is 6.54 Å². The number of pyridine rings is 1.